The monoisotopic (exact) mass is 429 g/mol. The van der Waals surface area contributed by atoms with Gasteiger partial charge in [0.05, 0.1) is 10.3 Å². The van der Waals surface area contributed by atoms with Crippen LogP contribution in [0.2, 0.25) is 0 Å². The smallest absolute Gasteiger partial charge is 0.347 e. The van der Waals surface area contributed by atoms with Gasteiger partial charge in [-0.25, -0.2) is 9.78 Å². The molecule has 0 aliphatic heterocycles. The number of H-pyrrole nitrogens is 1. The van der Waals surface area contributed by atoms with Crippen molar-refractivity contribution >= 4 is 44.1 Å². The van der Waals surface area contributed by atoms with E-state index < -0.39 is 11.2 Å². The van der Waals surface area contributed by atoms with Gasteiger partial charge in [0.15, 0.2) is 0 Å². The summed E-state index contributed by atoms with van der Waals surface area (Å²) in [6.07, 6.45) is 0. The summed E-state index contributed by atoms with van der Waals surface area (Å²) in [6, 6.07) is 17.8. The first-order chi connectivity index (χ1) is 15.0. The lowest BCUT2D eigenvalue weighted by Crippen LogP contribution is -2.14. The van der Waals surface area contributed by atoms with E-state index in [0.717, 1.165) is 11.3 Å². The number of nitrogens with zero attached hydrogens (tertiary/aromatic N) is 1. The Hall–Kier alpha value is -4.04. The van der Waals surface area contributed by atoms with Gasteiger partial charge in [0.25, 0.3) is 11.5 Å². The molecule has 0 aliphatic rings. The van der Waals surface area contributed by atoms with Crippen molar-refractivity contribution in [2.75, 3.05) is 5.32 Å². The highest BCUT2D eigenvalue weighted by atomic mass is 32.1. The zero-order valence-corrected chi connectivity index (χ0v) is 17.1. The Morgan fingerprint density at radius 1 is 1.06 bits per heavy atom. The predicted molar refractivity (Wildman–Crippen MR) is 121 cm³/mol. The van der Waals surface area contributed by atoms with Gasteiger partial charge in [0, 0.05) is 11.1 Å². The number of carbonyl (C=O) groups excluding carboxylic acids is 1. The molecule has 8 heteroatoms. The van der Waals surface area contributed by atoms with Crippen LogP contribution < -0.4 is 16.5 Å². The highest BCUT2D eigenvalue weighted by molar-refractivity contribution is 7.20. The summed E-state index contributed by atoms with van der Waals surface area (Å²) in [5, 5.41) is 3.87. The van der Waals surface area contributed by atoms with Crippen LogP contribution >= 0.6 is 11.3 Å². The Kier molecular flexibility index (Phi) is 4.48. The van der Waals surface area contributed by atoms with Crippen molar-refractivity contribution in [3.63, 3.8) is 0 Å². The largest absolute Gasteiger partial charge is 0.422 e. The number of hydrogen-bond donors (Lipinski definition) is 2. The zero-order valence-electron chi connectivity index (χ0n) is 16.3. The third-order valence-corrected chi connectivity index (χ3v) is 6.12. The number of amides is 1. The molecule has 3 aromatic heterocycles. The number of rotatable bonds is 3. The summed E-state index contributed by atoms with van der Waals surface area (Å²) in [6.45, 7) is 1.71. The summed E-state index contributed by atoms with van der Waals surface area (Å²) >= 11 is 1.11. The standard InChI is InChI=1S/C23H15N3O4S/c1-12-17-20(27)25-19(15-11-13-7-5-6-10-16(13)30-23(15)29)26-22(17)31-18(12)21(28)24-14-8-3-2-4-9-14/h2-11H,1H3,(H,24,28)(H,25,26,27). The van der Waals surface area contributed by atoms with E-state index in [1.165, 1.54) is 0 Å². The molecule has 3 heterocycles. The Morgan fingerprint density at radius 2 is 1.81 bits per heavy atom. The number of benzene rings is 2. The average molecular weight is 429 g/mol. The van der Waals surface area contributed by atoms with Crippen molar-refractivity contribution in [1.82, 2.24) is 9.97 Å². The quantitative estimate of drug-likeness (QED) is 0.416. The number of para-hydroxylation sites is 2. The zero-order chi connectivity index (χ0) is 21.5. The molecule has 2 aromatic carbocycles. The second-order valence-corrected chi connectivity index (χ2v) is 7.96. The van der Waals surface area contributed by atoms with E-state index in [-0.39, 0.29) is 17.3 Å². The number of fused-ring (bicyclic) bond motifs is 2. The molecule has 0 spiro atoms. The second-order valence-electron chi connectivity index (χ2n) is 6.96. The minimum absolute atomic E-state index is 0.105. The molecule has 0 bridgehead atoms. The number of hydrogen-bond acceptors (Lipinski definition) is 6. The van der Waals surface area contributed by atoms with Crippen LogP contribution in [0.5, 0.6) is 0 Å². The van der Waals surface area contributed by atoms with Crippen LogP contribution in [0, 0.1) is 6.92 Å². The number of carbonyl (C=O) groups is 1. The van der Waals surface area contributed by atoms with Crippen molar-refractivity contribution in [2.45, 2.75) is 6.92 Å². The first kappa shape index (κ1) is 19.0. The fourth-order valence-electron chi connectivity index (χ4n) is 3.42. The maximum Gasteiger partial charge on any atom is 0.347 e. The number of anilines is 1. The van der Waals surface area contributed by atoms with Crippen LogP contribution in [0.15, 0.2) is 74.7 Å². The molecule has 152 valence electrons. The molecule has 0 fully saturated rings. The molecule has 0 atom stereocenters. The van der Waals surface area contributed by atoms with E-state index in [2.05, 4.69) is 15.3 Å². The van der Waals surface area contributed by atoms with Crippen LogP contribution in [0.25, 0.3) is 32.6 Å². The average Bonchev–Trinajstić information content (AvgIpc) is 3.11. The van der Waals surface area contributed by atoms with Gasteiger partial charge in [-0.05, 0) is 36.8 Å². The second kappa shape index (κ2) is 7.33. The number of nitrogens with one attached hydrogen (secondary N) is 2. The lowest BCUT2D eigenvalue weighted by atomic mass is 10.1. The van der Waals surface area contributed by atoms with Crippen LogP contribution in [0.3, 0.4) is 0 Å². The molecule has 1 amide bonds. The van der Waals surface area contributed by atoms with Crippen molar-refractivity contribution in [3.8, 4) is 11.4 Å². The minimum atomic E-state index is -0.600. The van der Waals surface area contributed by atoms with Crippen LogP contribution in [0.1, 0.15) is 15.2 Å². The number of aromatic nitrogens is 2. The molecule has 31 heavy (non-hydrogen) atoms. The lowest BCUT2D eigenvalue weighted by Gasteiger charge is -2.03. The Bertz CT molecular complexity index is 1580. The van der Waals surface area contributed by atoms with Gasteiger partial charge in [-0.3, -0.25) is 9.59 Å². The van der Waals surface area contributed by atoms with Crippen molar-refractivity contribution in [2.24, 2.45) is 0 Å². The first-order valence-corrected chi connectivity index (χ1v) is 10.3. The van der Waals surface area contributed by atoms with Gasteiger partial charge in [0.1, 0.15) is 21.8 Å². The normalized spacial score (nSPS) is 11.1. The summed E-state index contributed by atoms with van der Waals surface area (Å²) < 4.78 is 5.35. The molecule has 5 rings (SSSR count). The molecule has 0 aliphatic carbocycles. The molecular formula is C23H15N3O4S. The lowest BCUT2D eigenvalue weighted by molar-refractivity contribution is 0.103. The molecule has 0 saturated heterocycles. The Morgan fingerprint density at radius 3 is 2.61 bits per heavy atom. The Balaban J connectivity index is 1.62. The van der Waals surface area contributed by atoms with E-state index in [1.54, 1.807) is 43.3 Å². The summed E-state index contributed by atoms with van der Waals surface area (Å²) in [4.78, 5) is 45.9. The Labute approximate surface area is 179 Å². The van der Waals surface area contributed by atoms with Gasteiger partial charge in [-0.15, -0.1) is 11.3 Å². The van der Waals surface area contributed by atoms with Gasteiger partial charge in [0.2, 0.25) is 0 Å². The highest BCUT2D eigenvalue weighted by Crippen LogP contribution is 2.29. The molecule has 2 N–H and O–H groups in total. The van der Waals surface area contributed by atoms with E-state index in [9.17, 15) is 14.4 Å². The number of thiophene rings is 1. The van der Waals surface area contributed by atoms with Crippen LogP contribution in [0.4, 0.5) is 5.69 Å². The SMILES string of the molecule is Cc1c(C(=O)Nc2ccccc2)sc2nc(-c3cc4ccccc4oc3=O)[nH]c(=O)c12. The van der Waals surface area contributed by atoms with Crippen molar-refractivity contribution in [1.29, 1.82) is 0 Å². The molecule has 0 saturated carbocycles. The molecule has 0 unspecified atom stereocenters. The van der Waals surface area contributed by atoms with E-state index in [4.69, 9.17) is 4.42 Å². The van der Waals surface area contributed by atoms with E-state index in [1.807, 2.05) is 24.3 Å². The molecule has 0 radical (unpaired) electrons. The fraction of sp³-hybridized carbons (Fsp3) is 0.0435. The number of aryl methyl sites for hydroxylation is 1. The predicted octanol–water partition coefficient (Wildman–Crippen LogP) is 4.32. The molecule has 7 nitrogen and oxygen atoms in total. The van der Waals surface area contributed by atoms with E-state index >= 15 is 0 Å². The first-order valence-electron chi connectivity index (χ1n) is 9.44. The maximum absolute atomic E-state index is 12.8. The minimum Gasteiger partial charge on any atom is -0.422 e. The van der Waals surface area contributed by atoms with Gasteiger partial charge >= 0.3 is 5.63 Å². The van der Waals surface area contributed by atoms with Crippen molar-refractivity contribution < 1.29 is 9.21 Å². The summed E-state index contributed by atoms with van der Waals surface area (Å²) in [7, 11) is 0. The van der Waals surface area contributed by atoms with Gasteiger partial charge < -0.3 is 14.7 Å². The maximum atomic E-state index is 12.8. The van der Waals surface area contributed by atoms with Crippen LogP contribution in [-0.2, 0) is 0 Å². The molecule has 5 aromatic rings. The van der Waals surface area contributed by atoms with Crippen molar-refractivity contribution in [3.05, 3.63) is 91.9 Å². The highest BCUT2D eigenvalue weighted by Gasteiger charge is 2.21. The fourth-order valence-corrected chi connectivity index (χ4v) is 4.50. The van der Waals surface area contributed by atoms with Gasteiger partial charge in [-0.1, -0.05) is 36.4 Å². The van der Waals surface area contributed by atoms with Crippen LogP contribution in [-0.4, -0.2) is 15.9 Å². The summed E-state index contributed by atoms with van der Waals surface area (Å²) in [5.74, 6) is -0.217. The third kappa shape index (κ3) is 3.32. The topological polar surface area (TPSA) is 105 Å². The summed E-state index contributed by atoms with van der Waals surface area (Å²) in [5.41, 5.74) is 0.780. The number of aromatic amines is 1. The molecular weight excluding hydrogens is 414 g/mol. The van der Waals surface area contributed by atoms with E-state index in [0.29, 0.717) is 37.3 Å². The third-order valence-electron chi connectivity index (χ3n) is 4.93. The van der Waals surface area contributed by atoms with Gasteiger partial charge in [-0.2, -0.15) is 0 Å².